The van der Waals surface area contributed by atoms with Gasteiger partial charge in [-0.2, -0.15) is 0 Å². The average Bonchev–Trinajstić information content (AvgIpc) is 3.87. The van der Waals surface area contributed by atoms with Crippen LogP contribution in [-0.2, 0) is 82.4 Å². The largest absolute Gasteiger partial charge is 0.494 e. The summed E-state index contributed by atoms with van der Waals surface area (Å²) >= 11 is 5.88. The highest BCUT2D eigenvalue weighted by Gasteiger charge is 2.45. The number of imide groups is 1. The number of halogens is 1. The van der Waals surface area contributed by atoms with Gasteiger partial charge in [0.2, 0.25) is 17.7 Å². The molecule has 3 aromatic rings. The number of methoxy groups -OCH3 is 1. The molecule has 0 saturated carbocycles. The van der Waals surface area contributed by atoms with Gasteiger partial charge in [-0.05, 0) is 56.2 Å². The molecule has 0 unspecified atom stereocenters. The fourth-order valence-corrected chi connectivity index (χ4v) is 8.56. The van der Waals surface area contributed by atoms with E-state index in [1.807, 2.05) is 4.57 Å². The van der Waals surface area contributed by atoms with Crippen molar-refractivity contribution in [2.75, 3.05) is 79.8 Å². The van der Waals surface area contributed by atoms with E-state index in [0.717, 1.165) is 16.0 Å². The number of hydrogen-bond donors (Lipinski definition) is 4. The van der Waals surface area contributed by atoms with Crippen LogP contribution in [-0.4, -0.2) is 147 Å². The Balaban J connectivity index is 0.889. The minimum absolute atomic E-state index is 0.0526. The number of fused-ring (bicyclic) bond motifs is 5. The first-order chi connectivity index (χ1) is 33.6. The number of hydrogen-bond acceptors (Lipinski definition) is 16. The van der Waals surface area contributed by atoms with Gasteiger partial charge in [0.05, 0.1) is 70.2 Å². The van der Waals surface area contributed by atoms with Crippen LogP contribution >= 0.6 is 12.2 Å². The van der Waals surface area contributed by atoms with E-state index >= 15 is 4.39 Å². The summed E-state index contributed by atoms with van der Waals surface area (Å²) in [6.07, 6.45) is 4.05. The molecule has 20 nitrogen and oxygen atoms in total. The number of aryl methyl sites for hydroxylation is 1. The predicted molar refractivity (Wildman–Crippen MR) is 251 cm³/mol. The Labute approximate surface area is 409 Å². The standard InChI is InChI=1S/C48H61FN6O14S/c1-6-48(62)34-22-37-43-32(24-55(37)46(70)33(34)25-69-47(48)61)30(31-21-38(63-5)35(49)23-36(31)52-43)9-7-13-68-27-50-44(59)29(4)51-45(60)42(28(2)3)53-39(56)26-67-20-19-66-18-17-65-16-15-64-14-8-12-54-40(57)10-11-41(54)58/h10-11,21-23,28-29,42,62H,6-9,12-20,24-27H2,1-5H3,(H,50,59)(H,51,60)(H,53,56)/t29-,42-,48-/m0/s1. The molecule has 6 rings (SSSR count). The van der Waals surface area contributed by atoms with Crippen molar-refractivity contribution >= 4 is 58.6 Å². The van der Waals surface area contributed by atoms with Crippen molar-refractivity contribution in [1.82, 2.24) is 30.4 Å². The van der Waals surface area contributed by atoms with Crippen LogP contribution < -0.4 is 20.7 Å². The van der Waals surface area contributed by atoms with Crippen molar-refractivity contribution in [3.05, 3.63) is 63.1 Å². The van der Waals surface area contributed by atoms with Gasteiger partial charge in [-0.3, -0.25) is 28.9 Å². The van der Waals surface area contributed by atoms with E-state index in [1.165, 1.54) is 32.3 Å². The van der Waals surface area contributed by atoms with E-state index in [4.69, 9.17) is 50.4 Å². The quantitative estimate of drug-likeness (QED) is 0.0210. The molecule has 0 fully saturated rings. The molecule has 0 bridgehead atoms. The van der Waals surface area contributed by atoms with Gasteiger partial charge in [0.1, 0.15) is 36.7 Å². The lowest BCUT2D eigenvalue weighted by atomic mass is 9.86. The SMILES string of the molecule is CC[C@@]1(O)C(=O)OCc2c1cc1n(c2=S)Cc2c-1nc1cc(F)c(OC)cc1c2CCCOCNC(=O)[C@H](C)NC(=O)[C@@H](NC(=O)COCCOCCOCCOCCCN1C(=O)C=CC1=O)C(C)C. The van der Waals surface area contributed by atoms with Crippen molar-refractivity contribution in [3.63, 3.8) is 0 Å². The molecule has 1 aromatic carbocycles. The smallest absolute Gasteiger partial charge is 0.343 e. The highest BCUT2D eigenvalue weighted by atomic mass is 32.1. The maximum atomic E-state index is 15.1. The number of carbonyl (C=O) groups is 6. The molecule has 3 aliphatic heterocycles. The van der Waals surface area contributed by atoms with Crippen LogP contribution in [0.5, 0.6) is 5.75 Å². The predicted octanol–water partition coefficient (Wildman–Crippen LogP) is 2.65. The Bertz CT molecular complexity index is 2520. The van der Waals surface area contributed by atoms with Gasteiger partial charge in [-0.15, -0.1) is 0 Å². The molecule has 3 atom stereocenters. The maximum Gasteiger partial charge on any atom is 0.343 e. The molecule has 3 aliphatic rings. The second kappa shape index (κ2) is 24.9. The molecular weight excluding hydrogens is 936 g/mol. The second-order valence-electron chi connectivity index (χ2n) is 17.1. The number of pyridine rings is 2. The Morgan fingerprint density at radius 2 is 1.54 bits per heavy atom. The van der Waals surface area contributed by atoms with E-state index in [0.29, 0.717) is 103 Å². The van der Waals surface area contributed by atoms with Gasteiger partial charge < -0.3 is 58.8 Å². The zero-order chi connectivity index (χ0) is 50.5. The first kappa shape index (κ1) is 53.6. The monoisotopic (exact) mass is 996 g/mol. The van der Waals surface area contributed by atoms with Crippen molar-refractivity contribution in [2.45, 2.75) is 84.2 Å². The Hall–Kier alpha value is -5.75. The molecule has 0 saturated heterocycles. The van der Waals surface area contributed by atoms with Gasteiger partial charge in [0.25, 0.3) is 11.8 Å². The van der Waals surface area contributed by atoms with Crippen LogP contribution in [0.15, 0.2) is 30.4 Å². The van der Waals surface area contributed by atoms with Crippen molar-refractivity contribution in [1.29, 1.82) is 0 Å². The van der Waals surface area contributed by atoms with Gasteiger partial charge in [0.15, 0.2) is 17.2 Å². The number of ether oxygens (including phenoxy) is 7. The lowest BCUT2D eigenvalue weighted by Gasteiger charge is -2.32. The molecule has 70 heavy (non-hydrogen) atoms. The van der Waals surface area contributed by atoms with Gasteiger partial charge in [-0.1, -0.05) is 33.0 Å². The Kier molecular flexibility index (Phi) is 19.1. The minimum Gasteiger partial charge on any atom is -0.494 e. The van der Waals surface area contributed by atoms with Crippen LogP contribution in [0.3, 0.4) is 0 Å². The van der Waals surface area contributed by atoms with E-state index < -0.39 is 47.2 Å². The fourth-order valence-electron chi connectivity index (χ4n) is 8.22. The van der Waals surface area contributed by atoms with E-state index in [2.05, 4.69) is 16.0 Å². The number of aromatic nitrogens is 2. The summed E-state index contributed by atoms with van der Waals surface area (Å²) in [4.78, 5) is 80.6. The third kappa shape index (κ3) is 12.8. The molecule has 0 aliphatic carbocycles. The number of nitrogens with zero attached hydrogens (tertiary/aromatic N) is 3. The van der Waals surface area contributed by atoms with Crippen LogP contribution in [0.1, 0.15) is 69.2 Å². The summed E-state index contributed by atoms with van der Waals surface area (Å²) in [5.41, 5.74) is 2.28. The summed E-state index contributed by atoms with van der Waals surface area (Å²) in [6.45, 7) is 9.09. The number of benzene rings is 1. The number of esters is 1. The third-order valence-corrected chi connectivity index (χ3v) is 12.5. The van der Waals surface area contributed by atoms with E-state index in [1.54, 1.807) is 32.9 Å². The fraction of sp³-hybridized carbons (Fsp3) is 0.542. The third-order valence-electron chi connectivity index (χ3n) is 12.1. The molecule has 2 aromatic heterocycles. The number of amides is 5. The van der Waals surface area contributed by atoms with E-state index in [9.17, 15) is 33.9 Å². The van der Waals surface area contributed by atoms with Crippen molar-refractivity contribution in [3.8, 4) is 17.1 Å². The second-order valence-corrected chi connectivity index (χ2v) is 17.5. The van der Waals surface area contributed by atoms with Crippen molar-refractivity contribution < 1.29 is 71.4 Å². The molecule has 0 radical (unpaired) electrons. The first-order valence-corrected chi connectivity index (χ1v) is 23.7. The minimum atomic E-state index is -1.88. The van der Waals surface area contributed by atoms with Gasteiger partial charge in [0, 0.05) is 60.1 Å². The Morgan fingerprint density at radius 3 is 2.20 bits per heavy atom. The summed E-state index contributed by atoms with van der Waals surface area (Å²) in [5, 5.41) is 20.0. The lowest BCUT2D eigenvalue weighted by Crippen LogP contribution is -2.55. The maximum absolute atomic E-state index is 15.1. The number of aliphatic hydroxyl groups is 1. The highest BCUT2D eigenvalue weighted by Crippen LogP contribution is 2.43. The summed E-state index contributed by atoms with van der Waals surface area (Å²) in [5.74, 6) is -3.79. The zero-order valence-electron chi connectivity index (χ0n) is 40.0. The molecule has 4 N–H and O–H groups in total. The topological polar surface area (TPSA) is 244 Å². The number of cyclic esters (lactones) is 1. The van der Waals surface area contributed by atoms with Crippen LogP contribution in [0.25, 0.3) is 22.3 Å². The summed E-state index contributed by atoms with van der Waals surface area (Å²) in [6, 6.07) is 2.75. The average molecular weight is 997 g/mol. The van der Waals surface area contributed by atoms with Gasteiger partial charge >= 0.3 is 5.97 Å². The first-order valence-electron chi connectivity index (χ1n) is 23.2. The van der Waals surface area contributed by atoms with Crippen LogP contribution in [0.4, 0.5) is 4.39 Å². The molecule has 5 amide bonds. The lowest BCUT2D eigenvalue weighted by molar-refractivity contribution is -0.172. The van der Waals surface area contributed by atoms with Crippen LogP contribution in [0, 0.1) is 16.4 Å². The summed E-state index contributed by atoms with van der Waals surface area (Å²) in [7, 11) is 1.38. The number of nitrogens with one attached hydrogen (secondary N) is 3. The number of rotatable bonds is 28. The molecule has 0 spiro atoms. The zero-order valence-corrected chi connectivity index (χ0v) is 40.8. The van der Waals surface area contributed by atoms with E-state index in [-0.39, 0.29) is 69.7 Å². The van der Waals surface area contributed by atoms with Crippen molar-refractivity contribution in [2.24, 2.45) is 5.92 Å². The molecule has 22 heteroatoms. The summed E-state index contributed by atoms with van der Waals surface area (Å²) < 4.78 is 55.5. The highest BCUT2D eigenvalue weighted by molar-refractivity contribution is 7.71. The van der Waals surface area contributed by atoms with Crippen LogP contribution in [0.2, 0.25) is 0 Å². The van der Waals surface area contributed by atoms with Gasteiger partial charge in [-0.25, -0.2) is 14.2 Å². The molecular formula is C48H61FN6O14S. The molecule has 380 valence electrons. The Morgan fingerprint density at radius 1 is 0.886 bits per heavy atom. The normalized spacial score (nSPS) is 16.8. The number of carbonyl (C=O) groups excluding carboxylic acids is 6. The molecule has 5 heterocycles.